The van der Waals surface area contributed by atoms with Gasteiger partial charge in [0.25, 0.3) is 0 Å². The summed E-state index contributed by atoms with van der Waals surface area (Å²) < 4.78 is 5.20. The quantitative estimate of drug-likeness (QED) is 0.628. The Morgan fingerprint density at radius 2 is 2.20 bits per heavy atom. The molecular formula is C12H13N5O3. The zero-order valence-corrected chi connectivity index (χ0v) is 10.7. The van der Waals surface area contributed by atoms with E-state index in [0.29, 0.717) is 12.3 Å². The van der Waals surface area contributed by atoms with Crippen molar-refractivity contribution in [2.45, 2.75) is 6.54 Å². The second-order valence-electron chi connectivity index (χ2n) is 3.88. The van der Waals surface area contributed by atoms with Crippen molar-refractivity contribution in [3.05, 3.63) is 46.1 Å². The molecule has 0 bridgehead atoms. The summed E-state index contributed by atoms with van der Waals surface area (Å²) in [5, 5.41) is 13.8. The Morgan fingerprint density at radius 3 is 2.90 bits per heavy atom. The largest absolute Gasteiger partial charge is 0.496 e. The van der Waals surface area contributed by atoms with Gasteiger partial charge in [0, 0.05) is 12.1 Å². The Labute approximate surface area is 114 Å². The summed E-state index contributed by atoms with van der Waals surface area (Å²) in [4.78, 5) is 17.8. The van der Waals surface area contributed by atoms with Crippen molar-refractivity contribution >= 4 is 17.5 Å². The molecule has 2 rings (SSSR count). The summed E-state index contributed by atoms with van der Waals surface area (Å²) >= 11 is 0. The van der Waals surface area contributed by atoms with Crippen LogP contribution in [0.2, 0.25) is 0 Å². The predicted molar refractivity (Wildman–Crippen MR) is 73.4 cm³/mol. The van der Waals surface area contributed by atoms with E-state index in [1.165, 1.54) is 0 Å². The Kier molecular flexibility index (Phi) is 3.94. The first-order valence-corrected chi connectivity index (χ1v) is 5.74. The van der Waals surface area contributed by atoms with Crippen LogP contribution in [-0.2, 0) is 6.54 Å². The molecule has 0 aliphatic heterocycles. The Balaban J connectivity index is 2.22. The van der Waals surface area contributed by atoms with Crippen molar-refractivity contribution in [1.29, 1.82) is 0 Å². The van der Waals surface area contributed by atoms with Gasteiger partial charge in [0.1, 0.15) is 11.9 Å². The minimum Gasteiger partial charge on any atom is -0.496 e. The first-order valence-electron chi connectivity index (χ1n) is 5.74. The van der Waals surface area contributed by atoms with Gasteiger partial charge in [-0.3, -0.25) is 10.1 Å². The lowest BCUT2D eigenvalue weighted by Gasteiger charge is -2.10. The van der Waals surface area contributed by atoms with E-state index in [1.807, 2.05) is 18.2 Å². The summed E-state index contributed by atoms with van der Waals surface area (Å²) in [5.74, 6) is 0.733. The molecule has 104 valence electrons. The molecule has 0 fully saturated rings. The van der Waals surface area contributed by atoms with Crippen LogP contribution in [0.3, 0.4) is 0 Å². The zero-order valence-electron chi connectivity index (χ0n) is 10.7. The van der Waals surface area contributed by atoms with Gasteiger partial charge in [-0.05, 0) is 6.07 Å². The fourth-order valence-electron chi connectivity index (χ4n) is 1.68. The van der Waals surface area contributed by atoms with E-state index in [0.717, 1.165) is 11.8 Å². The van der Waals surface area contributed by atoms with Crippen molar-refractivity contribution < 1.29 is 9.66 Å². The average molecular weight is 275 g/mol. The highest BCUT2D eigenvalue weighted by molar-refractivity contribution is 5.56. The van der Waals surface area contributed by atoms with Crippen LogP contribution in [0.15, 0.2) is 30.5 Å². The molecule has 0 saturated carbocycles. The lowest BCUT2D eigenvalue weighted by molar-refractivity contribution is -0.384. The van der Waals surface area contributed by atoms with Gasteiger partial charge in [0.2, 0.25) is 11.8 Å². The van der Waals surface area contributed by atoms with E-state index in [9.17, 15) is 10.1 Å². The molecule has 0 aliphatic carbocycles. The number of hydrogen-bond acceptors (Lipinski definition) is 7. The summed E-state index contributed by atoms with van der Waals surface area (Å²) in [6.07, 6.45) is 1.08. The Hall–Kier alpha value is -2.90. The van der Waals surface area contributed by atoms with E-state index in [1.54, 1.807) is 13.2 Å². The van der Waals surface area contributed by atoms with Crippen molar-refractivity contribution in [3.63, 3.8) is 0 Å². The molecule has 0 aliphatic rings. The third-order valence-electron chi connectivity index (χ3n) is 2.62. The number of para-hydroxylation sites is 1. The third-order valence-corrected chi connectivity index (χ3v) is 2.62. The van der Waals surface area contributed by atoms with Crippen molar-refractivity contribution in [1.82, 2.24) is 9.97 Å². The fourth-order valence-corrected chi connectivity index (χ4v) is 1.68. The summed E-state index contributed by atoms with van der Waals surface area (Å²) in [6.45, 7) is 0.321. The molecule has 0 unspecified atom stereocenters. The molecule has 1 heterocycles. The number of hydrogen-bond donors (Lipinski definition) is 2. The number of benzene rings is 1. The number of methoxy groups -OCH3 is 1. The SMILES string of the molecule is COc1ccccc1CNc1nc(N)ncc1[N+](=O)[O-]. The van der Waals surface area contributed by atoms with Crippen LogP contribution in [0.25, 0.3) is 0 Å². The topological polar surface area (TPSA) is 116 Å². The van der Waals surface area contributed by atoms with E-state index in [4.69, 9.17) is 10.5 Å². The normalized spacial score (nSPS) is 10.1. The van der Waals surface area contributed by atoms with Crippen LogP contribution in [0.5, 0.6) is 5.75 Å². The van der Waals surface area contributed by atoms with E-state index < -0.39 is 4.92 Å². The molecule has 8 nitrogen and oxygen atoms in total. The highest BCUT2D eigenvalue weighted by Gasteiger charge is 2.16. The lowest BCUT2D eigenvalue weighted by atomic mass is 10.2. The van der Waals surface area contributed by atoms with Crippen molar-refractivity contribution in [3.8, 4) is 5.75 Å². The summed E-state index contributed by atoms with van der Waals surface area (Å²) in [7, 11) is 1.56. The molecule has 2 aromatic rings. The second kappa shape index (κ2) is 5.83. The molecule has 1 aromatic heterocycles. The number of rotatable bonds is 5. The number of nitrogens with zero attached hydrogens (tertiary/aromatic N) is 3. The number of nitrogens with one attached hydrogen (secondary N) is 1. The Morgan fingerprint density at radius 1 is 1.45 bits per heavy atom. The molecule has 3 N–H and O–H groups in total. The van der Waals surface area contributed by atoms with E-state index in [-0.39, 0.29) is 17.5 Å². The zero-order chi connectivity index (χ0) is 14.5. The maximum atomic E-state index is 10.9. The van der Waals surface area contributed by atoms with Crippen LogP contribution in [0.1, 0.15) is 5.56 Å². The lowest BCUT2D eigenvalue weighted by Crippen LogP contribution is -2.08. The van der Waals surface area contributed by atoms with E-state index in [2.05, 4.69) is 15.3 Å². The van der Waals surface area contributed by atoms with Crippen LogP contribution in [0, 0.1) is 10.1 Å². The minimum absolute atomic E-state index is 0.0295. The third kappa shape index (κ3) is 2.91. The fraction of sp³-hybridized carbons (Fsp3) is 0.167. The highest BCUT2D eigenvalue weighted by Crippen LogP contribution is 2.23. The molecule has 0 amide bonds. The van der Waals surface area contributed by atoms with Crippen LogP contribution >= 0.6 is 0 Å². The molecule has 0 spiro atoms. The number of ether oxygens (including phenoxy) is 1. The summed E-state index contributed by atoms with van der Waals surface area (Å²) in [6, 6.07) is 7.34. The molecule has 0 saturated heterocycles. The maximum Gasteiger partial charge on any atom is 0.329 e. The smallest absolute Gasteiger partial charge is 0.329 e. The predicted octanol–water partition coefficient (Wildman–Crippen LogP) is 1.59. The van der Waals surface area contributed by atoms with Crippen LogP contribution < -0.4 is 15.8 Å². The highest BCUT2D eigenvalue weighted by atomic mass is 16.6. The number of nitrogens with two attached hydrogens (primary N) is 1. The van der Waals surface area contributed by atoms with E-state index >= 15 is 0 Å². The molecule has 20 heavy (non-hydrogen) atoms. The van der Waals surface area contributed by atoms with Gasteiger partial charge in [-0.15, -0.1) is 0 Å². The number of nitro groups is 1. The molecule has 1 aromatic carbocycles. The standard InChI is InChI=1S/C12H13N5O3/c1-20-10-5-3-2-4-8(10)6-14-11-9(17(18)19)7-15-12(13)16-11/h2-5,7H,6H2,1H3,(H3,13,14,15,16). The number of aromatic nitrogens is 2. The van der Waals surface area contributed by atoms with Crippen LogP contribution in [0.4, 0.5) is 17.5 Å². The Bertz CT molecular complexity index is 632. The second-order valence-corrected chi connectivity index (χ2v) is 3.88. The van der Waals surface area contributed by atoms with Crippen molar-refractivity contribution in [2.24, 2.45) is 0 Å². The molecule has 0 atom stereocenters. The first kappa shape index (κ1) is 13.5. The minimum atomic E-state index is -0.565. The molecule has 0 radical (unpaired) electrons. The van der Waals surface area contributed by atoms with Gasteiger partial charge >= 0.3 is 5.69 Å². The summed E-state index contributed by atoms with van der Waals surface area (Å²) in [5.41, 5.74) is 6.06. The number of nitrogen functional groups attached to an aromatic ring is 1. The van der Waals surface area contributed by atoms with Gasteiger partial charge in [-0.2, -0.15) is 4.98 Å². The van der Waals surface area contributed by atoms with Gasteiger partial charge in [0.05, 0.1) is 12.0 Å². The molecular weight excluding hydrogens is 262 g/mol. The molecule has 8 heteroatoms. The van der Waals surface area contributed by atoms with Gasteiger partial charge in [-0.25, -0.2) is 4.98 Å². The van der Waals surface area contributed by atoms with Gasteiger partial charge in [-0.1, -0.05) is 18.2 Å². The van der Waals surface area contributed by atoms with Crippen LogP contribution in [-0.4, -0.2) is 22.0 Å². The van der Waals surface area contributed by atoms with Gasteiger partial charge < -0.3 is 15.8 Å². The monoisotopic (exact) mass is 275 g/mol. The maximum absolute atomic E-state index is 10.9. The first-order chi connectivity index (χ1) is 9.61. The van der Waals surface area contributed by atoms with Crippen molar-refractivity contribution in [2.75, 3.05) is 18.2 Å². The van der Waals surface area contributed by atoms with Gasteiger partial charge in [0.15, 0.2) is 0 Å². The number of anilines is 2. The average Bonchev–Trinajstić information content (AvgIpc) is 2.45.